The van der Waals surface area contributed by atoms with Gasteiger partial charge in [0.05, 0.1) is 42.8 Å². The molecule has 4 N–H and O–H groups in total. The van der Waals surface area contributed by atoms with Gasteiger partial charge in [0, 0.05) is 46.8 Å². The number of hydrogen-bond acceptors (Lipinski definition) is 9. The minimum Gasteiger partial charge on any atom is -0.465 e. The molecule has 16 heteroatoms. The first-order valence-electron chi connectivity index (χ1n) is 18.6. The van der Waals surface area contributed by atoms with E-state index in [0.717, 1.165) is 73.5 Å². The van der Waals surface area contributed by atoms with E-state index in [1.54, 1.807) is 23.6 Å². The highest BCUT2D eigenvalue weighted by Crippen LogP contribution is 2.33. The summed E-state index contributed by atoms with van der Waals surface area (Å²) in [5, 5.41) is 12.2. The number of H-pyrrole nitrogens is 2. The fourth-order valence-corrected chi connectivity index (χ4v) is 7.38. The smallest absolute Gasteiger partial charge is 0.407 e. The molecule has 4 heterocycles. The molecule has 3 aromatic rings. The monoisotopic (exact) mass is 750 g/mol. The van der Waals surface area contributed by atoms with Gasteiger partial charge in [-0.25, -0.2) is 19.6 Å². The second kappa shape index (κ2) is 18.4. The largest absolute Gasteiger partial charge is 0.465 e. The standard InChI is InChI=1S/C38H54N8O8/c1-23(52-4)31(43-37(49)54-6)35(47)45-19-7-9-29(45)33-39-21-27(41-33)17-15-25-11-13-26(14-12-25)16-18-28-22-40-34(42-28)30-10-8-20-46(30)36(48)32(24(2)53-5)44(3)38(50)51/h11-14,21-24,29-32H,7-10,15-20H2,1-6H3,(H,39,41)(H,40,42)(H,43,49)(H,50,51)/t23?,24-,29+,30+,31+,32+/m1/s1. The minimum atomic E-state index is -1.18. The molecule has 2 aliphatic heterocycles. The Hall–Kier alpha value is -4.96. The van der Waals surface area contributed by atoms with Crippen molar-refractivity contribution in [2.75, 3.05) is 41.5 Å². The number of methoxy groups -OCH3 is 3. The highest BCUT2D eigenvalue weighted by atomic mass is 16.5. The number of aromatic nitrogens is 4. The molecule has 0 bridgehead atoms. The van der Waals surface area contributed by atoms with Crippen LogP contribution in [0.25, 0.3) is 0 Å². The van der Waals surface area contributed by atoms with Crippen molar-refractivity contribution < 1.29 is 38.5 Å². The number of likely N-dealkylation sites (tertiary alicyclic amines) is 2. The van der Waals surface area contributed by atoms with Crippen LogP contribution in [0.5, 0.6) is 0 Å². The van der Waals surface area contributed by atoms with Gasteiger partial charge in [-0.1, -0.05) is 24.3 Å². The SMILES string of the molecule is COC(=O)N[C@H](C(=O)N1CCC[C@H]1c1nc(CCc2ccc(CCc3c[nH]c([C@@H]4CCCN4C(=O)[C@H]([C@@H](C)OC)N(C)C(=O)O)n3)cc2)c[nH]1)C(C)OC. The topological polar surface area (TPSA) is 195 Å². The molecule has 0 radical (unpaired) electrons. The van der Waals surface area contributed by atoms with Crippen molar-refractivity contribution in [2.24, 2.45) is 0 Å². The zero-order chi connectivity index (χ0) is 38.9. The third-order valence-corrected chi connectivity index (χ3v) is 10.7. The predicted octanol–water partition coefficient (Wildman–Crippen LogP) is 3.80. The van der Waals surface area contributed by atoms with Gasteiger partial charge >= 0.3 is 12.2 Å². The summed E-state index contributed by atoms with van der Waals surface area (Å²) < 4.78 is 15.5. The van der Waals surface area contributed by atoms with E-state index in [9.17, 15) is 24.3 Å². The number of aryl methyl sites for hydroxylation is 4. The van der Waals surface area contributed by atoms with E-state index in [1.807, 2.05) is 12.4 Å². The zero-order valence-electron chi connectivity index (χ0n) is 32.0. The van der Waals surface area contributed by atoms with Crippen LogP contribution in [0.4, 0.5) is 9.59 Å². The van der Waals surface area contributed by atoms with Gasteiger partial charge in [-0.3, -0.25) is 14.5 Å². The molecule has 2 aliphatic rings. The lowest BCUT2D eigenvalue weighted by molar-refractivity contribution is -0.141. The maximum Gasteiger partial charge on any atom is 0.407 e. The van der Waals surface area contributed by atoms with Crippen molar-refractivity contribution in [1.29, 1.82) is 0 Å². The third kappa shape index (κ3) is 9.39. The van der Waals surface area contributed by atoms with Gasteiger partial charge < -0.3 is 44.4 Å². The van der Waals surface area contributed by atoms with Crippen LogP contribution in [-0.2, 0) is 49.5 Å². The summed E-state index contributed by atoms with van der Waals surface area (Å²) >= 11 is 0. The molecule has 0 spiro atoms. The first-order valence-corrected chi connectivity index (χ1v) is 18.6. The van der Waals surface area contributed by atoms with Crippen LogP contribution in [0.2, 0.25) is 0 Å². The Bertz CT molecular complexity index is 1730. The highest BCUT2D eigenvalue weighted by molar-refractivity contribution is 5.87. The number of carbonyl (C=O) groups is 4. The van der Waals surface area contributed by atoms with Crippen LogP contribution in [0.3, 0.4) is 0 Å². The molecule has 1 unspecified atom stereocenters. The van der Waals surface area contributed by atoms with E-state index in [2.05, 4.69) is 39.6 Å². The molecule has 4 amide bonds. The van der Waals surface area contributed by atoms with Crippen LogP contribution < -0.4 is 5.32 Å². The van der Waals surface area contributed by atoms with Crippen molar-refractivity contribution >= 4 is 24.0 Å². The number of alkyl carbamates (subject to hydrolysis) is 1. The second-order valence-corrected chi connectivity index (χ2v) is 14.1. The van der Waals surface area contributed by atoms with Crippen molar-refractivity contribution in [3.05, 3.63) is 70.8 Å². The summed E-state index contributed by atoms with van der Waals surface area (Å²) in [4.78, 5) is 71.5. The van der Waals surface area contributed by atoms with Crippen LogP contribution in [0.1, 0.15) is 85.8 Å². The van der Waals surface area contributed by atoms with E-state index in [-0.39, 0.29) is 23.9 Å². The molecule has 16 nitrogen and oxygen atoms in total. The number of carbonyl (C=O) groups excluding carboxylic acids is 3. The quantitative estimate of drug-likeness (QED) is 0.167. The zero-order valence-corrected chi connectivity index (χ0v) is 32.0. The summed E-state index contributed by atoms with van der Waals surface area (Å²) in [6.45, 7) is 4.53. The number of amides is 4. The highest BCUT2D eigenvalue weighted by Gasteiger charge is 2.41. The number of nitrogens with one attached hydrogen (secondary N) is 3. The van der Waals surface area contributed by atoms with Crippen molar-refractivity contribution in [2.45, 2.75) is 102 Å². The summed E-state index contributed by atoms with van der Waals surface area (Å²) in [6, 6.07) is 6.23. The molecule has 0 saturated carbocycles. The number of aromatic amines is 2. The maximum atomic E-state index is 13.6. The summed E-state index contributed by atoms with van der Waals surface area (Å²) in [7, 11) is 5.62. The number of carboxylic acid groups (broad SMARTS) is 1. The number of ether oxygens (including phenoxy) is 3. The van der Waals surface area contributed by atoms with Crippen LogP contribution >= 0.6 is 0 Å². The van der Waals surface area contributed by atoms with Gasteiger partial charge in [0.2, 0.25) is 11.8 Å². The Labute approximate surface area is 315 Å². The molecule has 5 rings (SSSR count). The Morgan fingerprint density at radius 3 is 1.74 bits per heavy atom. The number of imidazole rings is 2. The van der Waals surface area contributed by atoms with Crippen molar-refractivity contribution in [3.63, 3.8) is 0 Å². The third-order valence-electron chi connectivity index (χ3n) is 10.7. The molecule has 2 aromatic heterocycles. The van der Waals surface area contributed by atoms with E-state index in [0.29, 0.717) is 18.9 Å². The van der Waals surface area contributed by atoms with Crippen molar-refractivity contribution in [1.82, 2.24) is 40.0 Å². The Morgan fingerprint density at radius 2 is 1.30 bits per heavy atom. The molecule has 2 saturated heterocycles. The number of likely N-dealkylation sites (N-methyl/N-ethyl adjacent to an activating group) is 1. The second-order valence-electron chi connectivity index (χ2n) is 14.1. The van der Waals surface area contributed by atoms with Gasteiger partial charge in [0.1, 0.15) is 23.7 Å². The number of benzene rings is 1. The Morgan fingerprint density at radius 1 is 0.815 bits per heavy atom. The van der Waals surface area contributed by atoms with Gasteiger partial charge in [0.25, 0.3) is 0 Å². The average molecular weight is 751 g/mol. The summed E-state index contributed by atoms with van der Waals surface area (Å²) in [6.07, 6.45) is 6.98. The Kier molecular flexibility index (Phi) is 13.7. The lowest BCUT2D eigenvalue weighted by atomic mass is 10.0. The van der Waals surface area contributed by atoms with E-state index in [4.69, 9.17) is 24.2 Å². The molecule has 0 aliphatic carbocycles. The van der Waals surface area contributed by atoms with Gasteiger partial charge in [-0.05, 0) is 76.3 Å². The molecule has 294 valence electrons. The number of rotatable bonds is 16. The normalized spacial score (nSPS) is 19.3. The number of hydrogen-bond donors (Lipinski definition) is 4. The Balaban J connectivity index is 1.13. The van der Waals surface area contributed by atoms with Gasteiger partial charge in [0.15, 0.2) is 0 Å². The summed E-state index contributed by atoms with van der Waals surface area (Å²) in [5.41, 5.74) is 4.19. The van der Waals surface area contributed by atoms with Gasteiger partial charge in [-0.15, -0.1) is 0 Å². The van der Waals surface area contributed by atoms with Crippen LogP contribution in [0, 0.1) is 0 Å². The molecule has 2 fully saturated rings. The lowest BCUT2D eigenvalue weighted by Crippen LogP contribution is -2.54. The van der Waals surface area contributed by atoms with E-state index in [1.165, 1.54) is 39.5 Å². The molecular weight excluding hydrogens is 696 g/mol. The number of nitrogens with zero attached hydrogens (tertiary/aromatic N) is 5. The fraction of sp³-hybridized carbons (Fsp3) is 0.579. The maximum absolute atomic E-state index is 13.6. The average Bonchev–Trinajstić information content (AvgIpc) is 4.02. The van der Waals surface area contributed by atoms with Crippen LogP contribution in [-0.4, -0.2) is 130 Å². The predicted molar refractivity (Wildman–Crippen MR) is 198 cm³/mol. The van der Waals surface area contributed by atoms with Crippen molar-refractivity contribution in [3.8, 4) is 0 Å². The first kappa shape index (κ1) is 40.2. The lowest BCUT2D eigenvalue weighted by Gasteiger charge is -2.34. The van der Waals surface area contributed by atoms with E-state index >= 15 is 0 Å². The van der Waals surface area contributed by atoms with Crippen LogP contribution in [0.15, 0.2) is 36.7 Å². The molecule has 1 aromatic carbocycles. The molecular formula is C38H54N8O8. The minimum absolute atomic E-state index is 0.218. The molecule has 54 heavy (non-hydrogen) atoms. The summed E-state index contributed by atoms with van der Waals surface area (Å²) in [5.74, 6) is 0.927. The van der Waals surface area contributed by atoms with E-state index < -0.39 is 36.5 Å². The molecule has 6 atom stereocenters. The fourth-order valence-electron chi connectivity index (χ4n) is 7.38. The van der Waals surface area contributed by atoms with Gasteiger partial charge in [-0.2, -0.15) is 0 Å². The first-order chi connectivity index (χ1) is 25.9.